The molecule has 1 unspecified atom stereocenters. The van der Waals surface area contributed by atoms with Crippen LogP contribution in [0.5, 0.6) is 0 Å². The normalized spacial score (nSPS) is 11.8. The molecule has 1 rings (SSSR count). The first-order valence-electron chi connectivity index (χ1n) is 6.40. The van der Waals surface area contributed by atoms with E-state index in [4.69, 9.17) is 5.73 Å². The van der Waals surface area contributed by atoms with Gasteiger partial charge in [-0.05, 0) is 32.9 Å². The van der Waals surface area contributed by atoms with E-state index in [0.717, 1.165) is 0 Å². The summed E-state index contributed by atoms with van der Waals surface area (Å²) in [6.45, 7) is 5.50. The van der Waals surface area contributed by atoms with Gasteiger partial charge in [0.2, 0.25) is 5.91 Å². The molecule has 1 atom stereocenters. The van der Waals surface area contributed by atoms with Crippen molar-refractivity contribution in [2.45, 2.75) is 32.9 Å². The average molecular weight is 279 g/mol. The van der Waals surface area contributed by atoms with E-state index in [1.807, 2.05) is 13.8 Å². The predicted octanol–water partition coefficient (Wildman–Crippen LogP) is 1.38. The van der Waals surface area contributed by atoms with E-state index in [9.17, 15) is 9.59 Å². The lowest BCUT2D eigenvalue weighted by Gasteiger charge is -2.19. The van der Waals surface area contributed by atoms with Crippen LogP contribution < -0.4 is 16.4 Å². The molecule has 4 N–H and O–H groups in total. The highest BCUT2D eigenvalue weighted by atomic mass is 16.5. The predicted molar refractivity (Wildman–Crippen MR) is 78.6 cm³/mol. The number of nitrogens with two attached hydrogens (primary N) is 1. The summed E-state index contributed by atoms with van der Waals surface area (Å²) in [4.78, 5) is 23.4. The Bertz CT molecular complexity index is 500. The molecule has 1 aromatic rings. The highest BCUT2D eigenvalue weighted by Crippen LogP contribution is 2.24. The molecule has 0 radical (unpaired) electrons. The third-order valence-electron chi connectivity index (χ3n) is 2.71. The molecule has 110 valence electrons. The minimum absolute atomic E-state index is 0.0606. The quantitative estimate of drug-likeness (QED) is 0.559. The van der Waals surface area contributed by atoms with Gasteiger partial charge in [-0.3, -0.25) is 4.79 Å². The van der Waals surface area contributed by atoms with Gasteiger partial charge in [-0.15, -0.1) is 0 Å². The molecule has 0 aliphatic heterocycles. The van der Waals surface area contributed by atoms with Gasteiger partial charge in [-0.2, -0.15) is 0 Å². The number of nitrogen functional groups attached to an aromatic ring is 1. The van der Waals surface area contributed by atoms with E-state index in [-0.39, 0.29) is 23.2 Å². The first-order chi connectivity index (χ1) is 9.36. The maximum absolute atomic E-state index is 11.8. The summed E-state index contributed by atoms with van der Waals surface area (Å²) in [5.41, 5.74) is 6.98. The van der Waals surface area contributed by atoms with Crippen molar-refractivity contribution in [3.8, 4) is 0 Å². The monoisotopic (exact) mass is 279 g/mol. The Hall–Kier alpha value is -2.24. The number of hydrogen-bond donors (Lipinski definition) is 3. The molecule has 0 heterocycles. The van der Waals surface area contributed by atoms with Crippen LogP contribution in [0.4, 0.5) is 11.4 Å². The van der Waals surface area contributed by atoms with Gasteiger partial charge < -0.3 is 21.1 Å². The minimum Gasteiger partial charge on any atom is -0.465 e. The van der Waals surface area contributed by atoms with Crippen molar-refractivity contribution in [1.29, 1.82) is 0 Å². The zero-order valence-electron chi connectivity index (χ0n) is 12.2. The Labute approximate surface area is 118 Å². The molecule has 1 amide bonds. The van der Waals surface area contributed by atoms with Crippen LogP contribution in [-0.2, 0) is 9.53 Å². The largest absolute Gasteiger partial charge is 0.465 e. The van der Waals surface area contributed by atoms with Crippen molar-refractivity contribution < 1.29 is 14.3 Å². The van der Waals surface area contributed by atoms with Crippen molar-refractivity contribution >= 4 is 23.3 Å². The molecule has 6 nitrogen and oxygen atoms in total. The lowest BCUT2D eigenvalue weighted by atomic mass is 10.1. The number of rotatable bonds is 5. The second kappa shape index (κ2) is 6.79. The Morgan fingerprint density at radius 2 is 1.90 bits per heavy atom. The number of anilines is 2. The summed E-state index contributed by atoms with van der Waals surface area (Å²) in [5, 5.41) is 5.79. The van der Waals surface area contributed by atoms with Gasteiger partial charge in [0.05, 0.1) is 24.0 Å². The number of carbonyl (C=O) groups excluding carboxylic acids is 2. The molecule has 20 heavy (non-hydrogen) atoms. The fourth-order valence-corrected chi connectivity index (χ4v) is 1.69. The van der Waals surface area contributed by atoms with Gasteiger partial charge in [0.25, 0.3) is 0 Å². The van der Waals surface area contributed by atoms with E-state index in [1.165, 1.54) is 7.11 Å². The first-order valence-corrected chi connectivity index (χ1v) is 6.40. The Kier molecular flexibility index (Phi) is 5.37. The van der Waals surface area contributed by atoms with Gasteiger partial charge in [0.1, 0.15) is 6.04 Å². The van der Waals surface area contributed by atoms with Gasteiger partial charge >= 0.3 is 5.97 Å². The third kappa shape index (κ3) is 3.88. The second-order valence-electron chi connectivity index (χ2n) is 4.79. The summed E-state index contributed by atoms with van der Waals surface area (Å²) in [7, 11) is 1.29. The molecule has 0 aliphatic rings. The molecular formula is C14H21N3O3. The van der Waals surface area contributed by atoms with E-state index in [2.05, 4.69) is 15.4 Å². The zero-order valence-corrected chi connectivity index (χ0v) is 12.2. The highest BCUT2D eigenvalue weighted by Gasteiger charge is 2.17. The summed E-state index contributed by atoms with van der Waals surface area (Å²) in [6.07, 6.45) is 0. The number of hydrogen-bond acceptors (Lipinski definition) is 5. The molecule has 0 saturated carbocycles. The minimum atomic E-state index is -0.509. The van der Waals surface area contributed by atoms with Crippen molar-refractivity contribution in [3.63, 3.8) is 0 Å². The van der Waals surface area contributed by atoms with E-state index < -0.39 is 12.0 Å². The number of nitrogens with one attached hydrogen (secondary N) is 2. The highest BCUT2D eigenvalue weighted by molar-refractivity contribution is 5.98. The smallest absolute Gasteiger partial charge is 0.340 e. The number of amides is 1. The van der Waals surface area contributed by atoms with E-state index in [0.29, 0.717) is 5.69 Å². The topological polar surface area (TPSA) is 93.4 Å². The Morgan fingerprint density at radius 3 is 2.45 bits per heavy atom. The van der Waals surface area contributed by atoms with Gasteiger partial charge in [0, 0.05) is 6.04 Å². The summed E-state index contributed by atoms with van der Waals surface area (Å²) in [5.74, 6) is -0.645. The van der Waals surface area contributed by atoms with Crippen LogP contribution in [0.25, 0.3) is 0 Å². The van der Waals surface area contributed by atoms with Gasteiger partial charge in [-0.1, -0.05) is 6.07 Å². The van der Waals surface area contributed by atoms with E-state index in [1.54, 1.807) is 25.1 Å². The van der Waals surface area contributed by atoms with Crippen LogP contribution >= 0.6 is 0 Å². The molecule has 0 spiro atoms. The third-order valence-corrected chi connectivity index (χ3v) is 2.71. The number of para-hydroxylation sites is 1. The maximum atomic E-state index is 11.8. The molecule has 0 fully saturated rings. The van der Waals surface area contributed by atoms with E-state index >= 15 is 0 Å². The Balaban J connectivity index is 2.88. The van der Waals surface area contributed by atoms with Gasteiger partial charge in [0.15, 0.2) is 0 Å². The average Bonchev–Trinajstić information content (AvgIpc) is 2.39. The summed E-state index contributed by atoms with van der Waals surface area (Å²) < 4.78 is 4.65. The molecule has 6 heteroatoms. The molecule has 0 aromatic heterocycles. The number of benzene rings is 1. The Morgan fingerprint density at radius 1 is 1.25 bits per heavy atom. The molecule has 0 aliphatic carbocycles. The standard InChI is InChI=1S/C14H21N3O3/c1-8(2)16-13(18)9(3)17-11-7-5-6-10(12(11)15)14(19)20-4/h5-9,17H,15H2,1-4H3,(H,16,18). The fraction of sp³-hybridized carbons (Fsp3) is 0.429. The fourth-order valence-electron chi connectivity index (χ4n) is 1.69. The molecule has 0 bridgehead atoms. The molecule has 1 aromatic carbocycles. The number of carbonyl (C=O) groups is 2. The maximum Gasteiger partial charge on any atom is 0.340 e. The molecular weight excluding hydrogens is 258 g/mol. The van der Waals surface area contributed by atoms with Crippen LogP contribution in [0.15, 0.2) is 18.2 Å². The number of esters is 1. The number of methoxy groups -OCH3 is 1. The second-order valence-corrected chi connectivity index (χ2v) is 4.79. The van der Waals surface area contributed by atoms with Crippen molar-refractivity contribution in [2.24, 2.45) is 0 Å². The van der Waals surface area contributed by atoms with Gasteiger partial charge in [-0.25, -0.2) is 4.79 Å². The van der Waals surface area contributed by atoms with Crippen LogP contribution in [0, 0.1) is 0 Å². The van der Waals surface area contributed by atoms with Crippen LogP contribution in [0.1, 0.15) is 31.1 Å². The summed E-state index contributed by atoms with van der Waals surface area (Å²) >= 11 is 0. The van der Waals surface area contributed by atoms with Crippen LogP contribution in [0.3, 0.4) is 0 Å². The number of ether oxygens (including phenoxy) is 1. The van der Waals surface area contributed by atoms with Crippen molar-refractivity contribution in [2.75, 3.05) is 18.2 Å². The van der Waals surface area contributed by atoms with Crippen molar-refractivity contribution in [3.05, 3.63) is 23.8 Å². The lowest BCUT2D eigenvalue weighted by molar-refractivity contribution is -0.122. The first kappa shape index (κ1) is 15.8. The summed E-state index contributed by atoms with van der Waals surface area (Å²) in [6, 6.07) is 4.56. The van der Waals surface area contributed by atoms with Crippen LogP contribution in [-0.4, -0.2) is 31.1 Å². The zero-order chi connectivity index (χ0) is 15.3. The molecule has 0 saturated heterocycles. The SMILES string of the molecule is COC(=O)c1cccc(NC(C)C(=O)NC(C)C)c1N. The van der Waals surface area contributed by atoms with Crippen molar-refractivity contribution in [1.82, 2.24) is 5.32 Å². The van der Waals surface area contributed by atoms with Crippen LogP contribution in [0.2, 0.25) is 0 Å². The lowest BCUT2D eigenvalue weighted by Crippen LogP contribution is -2.41.